The van der Waals surface area contributed by atoms with E-state index in [-0.39, 0.29) is 24.1 Å². The Balaban J connectivity index is 1.87. The maximum atomic E-state index is 12.2. The van der Waals surface area contributed by atoms with Crippen molar-refractivity contribution >= 4 is 39.5 Å². The quantitative estimate of drug-likeness (QED) is 0.715. The van der Waals surface area contributed by atoms with E-state index in [9.17, 15) is 14.4 Å². The van der Waals surface area contributed by atoms with Crippen molar-refractivity contribution < 1.29 is 18.9 Å². The highest BCUT2D eigenvalue weighted by Crippen LogP contribution is 2.35. The SMILES string of the molecule is CN(C)C(=O)c1ccc2c(ccc3onc(C4CCC(=O)NC4=O)c32)c1. The number of piperidine rings is 1. The summed E-state index contributed by atoms with van der Waals surface area (Å²) in [6.45, 7) is 0. The van der Waals surface area contributed by atoms with Crippen molar-refractivity contribution in [1.82, 2.24) is 15.4 Å². The lowest BCUT2D eigenvalue weighted by molar-refractivity contribution is -0.134. The molecule has 7 heteroatoms. The Morgan fingerprint density at radius 2 is 2.04 bits per heavy atom. The van der Waals surface area contributed by atoms with Gasteiger partial charge in [0.2, 0.25) is 11.8 Å². The lowest BCUT2D eigenvalue weighted by atomic mass is 9.91. The molecule has 4 rings (SSSR count). The van der Waals surface area contributed by atoms with Gasteiger partial charge in [-0.15, -0.1) is 0 Å². The number of rotatable bonds is 2. The van der Waals surface area contributed by atoms with Crippen LogP contribution in [0.4, 0.5) is 0 Å². The maximum absolute atomic E-state index is 12.2. The zero-order valence-electron chi connectivity index (χ0n) is 14.4. The molecule has 1 fully saturated rings. The van der Waals surface area contributed by atoms with Crippen LogP contribution in [0, 0.1) is 0 Å². The Bertz CT molecular complexity index is 1070. The fourth-order valence-corrected chi connectivity index (χ4v) is 3.38. The molecule has 0 radical (unpaired) electrons. The first-order valence-corrected chi connectivity index (χ1v) is 8.33. The molecule has 3 amide bonds. The average molecular weight is 351 g/mol. The van der Waals surface area contributed by atoms with Crippen LogP contribution >= 0.6 is 0 Å². The average Bonchev–Trinajstić information content (AvgIpc) is 3.04. The monoisotopic (exact) mass is 351 g/mol. The number of benzene rings is 2. The molecule has 1 aromatic heterocycles. The van der Waals surface area contributed by atoms with Crippen molar-refractivity contribution in [2.75, 3.05) is 14.1 Å². The third kappa shape index (κ3) is 2.52. The number of nitrogens with zero attached hydrogens (tertiary/aromatic N) is 2. The van der Waals surface area contributed by atoms with Crippen LogP contribution in [0.25, 0.3) is 21.7 Å². The highest BCUT2D eigenvalue weighted by molar-refractivity contribution is 6.11. The van der Waals surface area contributed by atoms with Crippen LogP contribution in [-0.4, -0.2) is 41.9 Å². The summed E-state index contributed by atoms with van der Waals surface area (Å²) in [5.41, 5.74) is 1.69. The molecule has 1 saturated heterocycles. The second-order valence-electron chi connectivity index (χ2n) is 6.65. The van der Waals surface area contributed by atoms with Gasteiger partial charge in [0.05, 0.1) is 11.3 Å². The van der Waals surface area contributed by atoms with Gasteiger partial charge in [0.1, 0.15) is 5.69 Å². The van der Waals surface area contributed by atoms with Crippen LogP contribution in [0.5, 0.6) is 0 Å². The van der Waals surface area contributed by atoms with Crippen molar-refractivity contribution in [1.29, 1.82) is 0 Å². The number of hydrogen-bond donors (Lipinski definition) is 1. The van der Waals surface area contributed by atoms with E-state index >= 15 is 0 Å². The molecular weight excluding hydrogens is 334 g/mol. The predicted molar refractivity (Wildman–Crippen MR) is 94.7 cm³/mol. The summed E-state index contributed by atoms with van der Waals surface area (Å²) in [5, 5.41) is 8.94. The fourth-order valence-electron chi connectivity index (χ4n) is 3.38. The smallest absolute Gasteiger partial charge is 0.253 e. The maximum Gasteiger partial charge on any atom is 0.253 e. The first-order valence-electron chi connectivity index (χ1n) is 8.33. The molecule has 1 unspecified atom stereocenters. The van der Waals surface area contributed by atoms with Crippen molar-refractivity contribution in [3.63, 3.8) is 0 Å². The van der Waals surface area contributed by atoms with E-state index in [2.05, 4.69) is 10.5 Å². The zero-order chi connectivity index (χ0) is 18.4. The Labute approximate surface area is 148 Å². The third-order valence-corrected chi connectivity index (χ3v) is 4.70. The van der Waals surface area contributed by atoms with Gasteiger partial charge in [0.25, 0.3) is 5.91 Å². The van der Waals surface area contributed by atoms with E-state index < -0.39 is 5.92 Å². The first kappa shape index (κ1) is 16.3. The molecule has 0 spiro atoms. The number of carbonyl (C=O) groups excluding carboxylic acids is 3. The largest absolute Gasteiger partial charge is 0.356 e. The molecule has 26 heavy (non-hydrogen) atoms. The molecule has 7 nitrogen and oxygen atoms in total. The van der Waals surface area contributed by atoms with Gasteiger partial charge in [-0.2, -0.15) is 0 Å². The first-order chi connectivity index (χ1) is 12.5. The predicted octanol–water partition coefficient (Wildman–Crippen LogP) is 2.20. The van der Waals surface area contributed by atoms with E-state index in [0.717, 1.165) is 16.2 Å². The second-order valence-corrected chi connectivity index (χ2v) is 6.65. The normalized spacial score (nSPS) is 17.5. The van der Waals surface area contributed by atoms with Gasteiger partial charge in [-0.3, -0.25) is 19.7 Å². The van der Waals surface area contributed by atoms with Crippen LogP contribution in [0.3, 0.4) is 0 Å². The van der Waals surface area contributed by atoms with Gasteiger partial charge in [0, 0.05) is 26.1 Å². The zero-order valence-corrected chi connectivity index (χ0v) is 14.4. The van der Waals surface area contributed by atoms with Crippen LogP contribution in [-0.2, 0) is 9.59 Å². The number of amides is 3. The molecule has 0 bridgehead atoms. The van der Waals surface area contributed by atoms with Crippen molar-refractivity contribution in [3.8, 4) is 0 Å². The van der Waals surface area contributed by atoms with Crippen molar-refractivity contribution in [3.05, 3.63) is 41.6 Å². The molecule has 0 aliphatic carbocycles. The summed E-state index contributed by atoms with van der Waals surface area (Å²) in [5.74, 6) is -1.23. The number of hydrogen-bond acceptors (Lipinski definition) is 5. The second kappa shape index (κ2) is 5.94. The standard InChI is InChI=1S/C19H17N3O4/c1-22(2)19(25)11-3-5-12-10(9-11)4-7-14-16(12)17(21-26-14)13-6-8-15(23)20-18(13)24/h3-5,7,9,13H,6,8H2,1-2H3,(H,20,23,24). The molecule has 132 valence electrons. The molecule has 2 aromatic carbocycles. The molecule has 1 atom stereocenters. The van der Waals surface area contributed by atoms with Crippen molar-refractivity contribution in [2.24, 2.45) is 0 Å². The van der Waals surface area contributed by atoms with E-state index in [1.807, 2.05) is 18.2 Å². The topological polar surface area (TPSA) is 92.5 Å². The van der Waals surface area contributed by atoms with E-state index in [0.29, 0.717) is 23.3 Å². The lowest BCUT2D eigenvalue weighted by Crippen LogP contribution is -2.39. The van der Waals surface area contributed by atoms with E-state index in [4.69, 9.17) is 4.52 Å². The third-order valence-electron chi connectivity index (χ3n) is 4.70. The minimum Gasteiger partial charge on any atom is -0.356 e. The van der Waals surface area contributed by atoms with E-state index in [1.54, 1.807) is 26.2 Å². The van der Waals surface area contributed by atoms with Gasteiger partial charge >= 0.3 is 0 Å². The van der Waals surface area contributed by atoms with Crippen LogP contribution in [0.15, 0.2) is 34.9 Å². The van der Waals surface area contributed by atoms with Gasteiger partial charge in [-0.25, -0.2) is 0 Å². The fraction of sp³-hybridized carbons (Fsp3) is 0.263. The Morgan fingerprint density at radius 1 is 1.23 bits per heavy atom. The highest BCUT2D eigenvalue weighted by atomic mass is 16.5. The Kier molecular flexibility index (Phi) is 3.72. The van der Waals surface area contributed by atoms with Gasteiger partial charge in [-0.05, 0) is 35.4 Å². The highest BCUT2D eigenvalue weighted by Gasteiger charge is 2.32. The molecule has 0 saturated carbocycles. The van der Waals surface area contributed by atoms with Gasteiger partial charge < -0.3 is 9.42 Å². The summed E-state index contributed by atoms with van der Waals surface area (Å²) in [7, 11) is 3.41. The van der Waals surface area contributed by atoms with E-state index in [1.165, 1.54) is 4.90 Å². The Hall–Kier alpha value is -3.22. The Morgan fingerprint density at radius 3 is 2.77 bits per heavy atom. The lowest BCUT2D eigenvalue weighted by Gasteiger charge is -2.19. The number of fused-ring (bicyclic) bond motifs is 3. The van der Waals surface area contributed by atoms with Crippen LogP contribution < -0.4 is 5.32 Å². The van der Waals surface area contributed by atoms with Crippen LogP contribution in [0.1, 0.15) is 34.8 Å². The molecule has 1 aliphatic rings. The van der Waals surface area contributed by atoms with Crippen LogP contribution in [0.2, 0.25) is 0 Å². The molecular formula is C19H17N3O4. The summed E-state index contributed by atoms with van der Waals surface area (Å²) in [6, 6.07) is 9.07. The minimum absolute atomic E-state index is 0.0808. The molecule has 1 aliphatic heterocycles. The number of nitrogens with one attached hydrogen (secondary N) is 1. The number of aromatic nitrogens is 1. The summed E-state index contributed by atoms with van der Waals surface area (Å²) < 4.78 is 5.41. The molecule has 3 aromatic rings. The number of carbonyl (C=O) groups is 3. The summed E-state index contributed by atoms with van der Waals surface area (Å²) in [6.07, 6.45) is 0.677. The molecule has 2 heterocycles. The van der Waals surface area contributed by atoms with Crippen molar-refractivity contribution in [2.45, 2.75) is 18.8 Å². The summed E-state index contributed by atoms with van der Waals surface area (Å²) >= 11 is 0. The van der Waals surface area contributed by atoms with Gasteiger partial charge in [-0.1, -0.05) is 17.3 Å². The minimum atomic E-state index is -0.525. The van der Waals surface area contributed by atoms with Gasteiger partial charge in [0.15, 0.2) is 5.58 Å². The number of imide groups is 1. The summed E-state index contributed by atoms with van der Waals surface area (Å²) in [4.78, 5) is 37.4. The molecule has 1 N–H and O–H groups in total.